The van der Waals surface area contributed by atoms with Crippen molar-refractivity contribution in [3.63, 3.8) is 0 Å². The van der Waals surface area contributed by atoms with E-state index in [1.165, 1.54) is 5.56 Å². The summed E-state index contributed by atoms with van der Waals surface area (Å²) >= 11 is 0. The van der Waals surface area contributed by atoms with Crippen LogP contribution in [0.25, 0.3) is 11.3 Å². The van der Waals surface area contributed by atoms with Crippen LogP contribution in [0.15, 0.2) is 42.9 Å². The number of nitrogens with zero attached hydrogens (tertiary/aromatic N) is 4. The standard InChI is InChI=1S/C21H26N4O2/c26-21(7-13-25-11-1-2-14-27-25)24-12-6-19(16-24)18-5-10-23-20(15-18)17-3-8-22-9-4-17/h3-5,8-10,15,19H,1-2,6-7,11-14,16H2/t19-/m1/s1. The third kappa shape index (κ3) is 4.51. The van der Waals surface area contributed by atoms with Gasteiger partial charge in [0, 0.05) is 62.7 Å². The van der Waals surface area contributed by atoms with E-state index >= 15 is 0 Å². The largest absolute Gasteiger partial charge is 0.342 e. The van der Waals surface area contributed by atoms with Gasteiger partial charge in [0.2, 0.25) is 5.91 Å². The molecule has 4 rings (SSSR count). The monoisotopic (exact) mass is 366 g/mol. The molecule has 6 heteroatoms. The molecule has 0 spiro atoms. The number of hydrogen-bond acceptors (Lipinski definition) is 5. The SMILES string of the molecule is O=C(CCN1CCCCO1)N1CC[C@@H](c2ccnc(-c3ccncc3)c2)C1. The maximum Gasteiger partial charge on any atom is 0.223 e. The van der Waals surface area contributed by atoms with Crippen LogP contribution in [0.2, 0.25) is 0 Å². The van der Waals surface area contributed by atoms with Crippen LogP contribution in [0.1, 0.15) is 37.2 Å². The molecule has 1 amide bonds. The molecule has 0 radical (unpaired) electrons. The highest BCUT2D eigenvalue weighted by atomic mass is 16.7. The Morgan fingerprint density at radius 1 is 1.15 bits per heavy atom. The van der Waals surface area contributed by atoms with Gasteiger partial charge < -0.3 is 4.90 Å². The van der Waals surface area contributed by atoms with Crippen LogP contribution in [0, 0.1) is 0 Å². The van der Waals surface area contributed by atoms with Gasteiger partial charge in [0.25, 0.3) is 0 Å². The van der Waals surface area contributed by atoms with E-state index in [0.29, 0.717) is 18.9 Å². The van der Waals surface area contributed by atoms with E-state index in [2.05, 4.69) is 22.1 Å². The molecule has 0 aromatic carbocycles. The van der Waals surface area contributed by atoms with E-state index in [4.69, 9.17) is 4.84 Å². The van der Waals surface area contributed by atoms with Crippen LogP contribution in [0.4, 0.5) is 0 Å². The summed E-state index contributed by atoms with van der Waals surface area (Å²) in [6, 6.07) is 8.17. The van der Waals surface area contributed by atoms with Gasteiger partial charge >= 0.3 is 0 Å². The lowest BCUT2D eigenvalue weighted by molar-refractivity contribution is -0.182. The fraction of sp³-hybridized carbons (Fsp3) is 0.476. The van der Waals surface area contributed by atoms with Crippen LogP contribution < -0.4 is 0 Å². The van der Waals surface area contributed by atoms with Crippen molar-refractivity contribution in [3.8, 4) is 11.3 Å². The molecule has 0 saturated carbocycles. The first-order chi connectivity index (χ1) is 13.3. The Kier molecular flexibility index (Phi) is 5.75. The summed E-state index contributed by atoms with van der Waals surface area (Å²) in [6.45, 7) is 4.03. The summed E-state index contributed by atoms with van der Waals surface area (Å²) < 4.78 is 0. The molecule has 2 aliphatic heterocycles. The lowest BCUT2D eigenvalue weighted by Crippen LogP contribution is -2.35. The molecule has 0 bridgehead atoms. The summed E-state index contributed by atoms with van der Waals surface area (Å²) in [4.78, 5) is 28.7. The van der Waals surface area contributed by atoms with Crippen LogP contribution in [-0.2, 0) is 9.63 Å². The predicted molar refractivity (Wildman–Crippen MR) is 103 cm³/mol. The highest BCUT2D eigenvalue weighted by Crippen LogP contribution is 2.29. The van der Waals surface area contributed by atoms with Gasteiger partial charge in [0.15, 0.2) is 0 Å². The van der Waals surface area contributed by atoms with Crippen molar-refractivity contribution in [1.29, 1.82) is 0 Å². The minimum Gasteiger partial charge on any atom is -0.342 e. The van der Waals surface area contributed by atoms with Crippen LogP contribution in [-0.4, -0.2) is 58.6 Å². The molecule has 0 unspecified atom stereocenters. The molecule has 0 aliphatic carbocycles. The molecular weight excluding hydrogens is 340 g/mol. The van der Waals surface area contributed by atoms with E-state index in [9.17, 15) is 4.79 Å². The second-order valence-corrected chi connectivity index (χ2v) is 7.26. The molecule has 142 valence electrons. The third-order valence-electron chi connectivity index (χ3n) is 5.42. The highest BCUT2D eigenvalue weighted by Gasteiger charge is 2.27. The first-order valence-electron chi connectivity index (χ1n) is 9.81. The second kappa shape index (κ2) is 8.59. The zero-order chi connectivity index (χ0) is 18.5. The van der Waals surface area contributed by atoms with E-state index < -0.39 is 0 Å². The van der Waals surface area contributed by atoms with E-state index in [-0.39, 0.29) is 5.91 Å². The van der Waals surface area contributed by atoms with Crippen molar-refractivity contribution in [2.24, 2.45) is 0 Å². The number of amides is 1. The van der Waals surface area contributed by atoms with Gasteiger partial charge in [-0.3, -0.25) is 19.6 Å². The fourth-order valence-corrected chi connectivity index (χ4v) is 3.84. The highest BCUT2D eigenvalue weighted by molar-refractivity contribution is 5.76. The first-order valence-corrected chi connectivity index (χ1v) is 9.81. The number of carbonyl (C=O) groups excluding carboxylic acids is 1. The number of aromatic nitrogens is 2. The number of carbonyl (C=O) groups is 1. The second-order valence-electron chi connectivity index (χ2n) is 7.26. The Hall–Kier alpha value is -2.31. The van der Waals surface area contributed by atoms with Crippen molar-refractivity contribution in [2.75, 3.05) is 32.8 Å². The molecule has 27 heavy (non-hydrogen) atoms. The van der Waals surface area contributed by atoms with Crippen molar-refractivity contribution in [3.05, 3.63) is 48.4 Å². The van der Waals surface area contributed by atoms with E-state index in [1.807, 2.05) is 28.3 Å². The molecule has 0 N–H and O–H groups in total. The topological polar surface area (TPSA) is 58.6 Å². The number of rotatable bonds is 5. The Balaban J connectivity index is 1.34. The van der Waals surface area contributed by atoms with Crippen molar-refractivity contribution >= 4 is 5.91 Å². The third-order valence-corrected chi connectivity index (χ3v) is 5.42. The minimum atomic E-state index is 0.232. The zero-order valence-electron chi connectivity index (χ0n) is 15.6. The number of hydroxylamine groups is 2. The predicted octanol–water partition coefficient (Wildman–Crippen LogP) is 2.88. The average Bonchev–Trinajstić information content (AvgIpc) is 3.24. The van der Waals surface area contributed by atoms with Gasteiger partial charge in [0.05, 0.1) is 12.3 Å². The number of hydrogen-bond donors (Lipinski definition) is 0. The van der Waals surface area contributed by atoms with Crippen LogP contribution in [0.5, 0.6) is 0 Å². The minimum absolute atomic E-state index is 0.232. The maximum atomic E-state index is 12.6. The van der Waals surface area contributed by atoms with Gasteiger partial charge in [-0.05, 0) is 49.1 Å². The Morgan fingerprint density at radius 2 is 2.04 bits per heavy atom. The van der Waals surface area contributed by atoms with E-state index in [1.54, 1.807) is 12.4 Å². The summed E-state index contributed by atoms with van der Waals surface area (Å²) in [6.07, 6.45) is 9.24. The molecule has 1 atom stereocenters. The van der Waals surface area contributed by atoms with Gasteiger partial charge in [-0.1, -0.05) is 0 Å². The molecular formula is C21H26N4O2. The van der Waals surface area contributed by atoms with Crippen molar-refractivity contribution < 1.29 is 9.63 Å². The lowest BCUT2D eigenvalue weighted by atomic mass is 9.97. The molecule has 2 aliphatic rings. The molecule has 2 saturated heterocycles. The summed E-state index contributed by atoms with van der Waals surface area (Å²) in [7, 11) is 0. The Labute approximate surface area is 160 Å². The maximum absolute atomic E-state index is 12.6. The molecule has 2 aromatic heterocycles. The molecule has 6 nitrogen and oxygen atoms in total. The summed E-state index contributed by atoms with van der Waals surface area (Å²) in [5.74, 6) is 0.610. The fourth-order valence-electron chi connectivity index (χ4n) is 3.84. The Morgan fingerprint density at radius 3 is 2.85 bits per heavy atom. The number of likely N-dealkylation sites (tertiary alicyclic amines) is 1. The van der Waals surface area contributed by atoms with Crippen molar-refractivity contribution in [2.45, 2.75) is 31.6 Å². The van der Waals surface area contributed by atoms with E-state index in [0.717, 1.165) is 56.8 Å². The first kappa shape index (κ1) is 18.1. The molecule has 4 heterocycles. The van der Waals surface area contributed by atoms with Crippen LogP contribution >= 0.6 is 0 Å². The molecule has 2 aromatic rings. The van der Waals surface area contributed by atoms with Gasteiger partial charge in [-0.25, -0.2) is 0 Å². The normalized spacial score (nSPS) is 20.7. The number of pyridine rings is 2. The van der Waals surface area contributed by atoms with Gasteiger partial charge in [-0.15, -0.1) is 0 Å². The quantitative estimate of drug-likeness (QED) is 0.814. The van der Waals surface area contributed by atoms with Crippen LogP contribution in [0.3, 0.4) is 0 Å². The zero-order valence-corrected chi connectivity index (χ0v) is 15.6. The average molecular weight is 366 g/mol. The van der Waals surface area contributed by atoms with Gasteiger partial charge in [0.1, 0.15) is 0 Å². The van der Waals surface area contributed by atoms with Crippen molar-refractivity contribution in [1.82, 2.24) is 19.9 Å². The molecule has 2 fully saturated rings. The summed E-state index contributed by atoms with van der Waals surface area (Å²) in [5.41, 5.74) is 3.28. The summed E-state index contributed by atoms with van der Waals surface area (Å²) in [5, 5.41) is 1.94. The van der Waals surface area contributed by atoms with Gasteiger partial charge in [-0.2, -0.15) is 5.06 Å². The smallest absolute Gasteiger partial charge is 0.223 e. The Bertz CT molecular complexity index is 762. The lowest BCUT2D eigenvalue weighted by Gasteiger charge is -2.26.